The van der Waals surface area contributed by atoms with Crippen molar-refractivity contribution in [3.63, 3.8) is 0 Å². The number of halogens is 2. The first-order valence-corrected chi connectivity index (χ1v) is 7.91. The zero-order valence-corrected chi connectivity index (χ0v) is 14.1. The summed E-state index contributed by atoms with van der Waals surface area (Å²) in [6.07, 6.45) is 5.59. The number of hydrogen-bond donors (Lipinski definition) is 3. The molecule has 0 unspecified atom stereocenters. The van der Waals surface area contributed by atoms with Gasteiger partial charge in [0.1, 0.15) is 5.82 Å². The lowest BCUT2D eigenvalue weighted by molar-refractivity contribution is 0.617. The molecule has 1 aromatic carbocycles. The number of anilines is 1. The van der Waals surface area contributed by atoms with Crippen molar-refractivity contribution in [3.8, 4) is 0 Å². The molecule has 5 N–H and O–H groups in total. The maximum absolute atomic E-state index is 14.1. The van der Waals surface area contributed by atoms with Crippen LogP contribution in [-0.2, 0) is 0 Å². The van der Waals surface area contributed by atoms with Crippen LogP contribution < -0.4 is 16.8 Å². The van der Waals surface area contributed by atoms with Gasteiger partial charge in [0.15, 0.2) is 11.8 Å². The van der Waals surface area contributed by atoms with Gasteiger partial charge in [0.25, 0.3) is 0 Å². The van der Waals surface area contributed by atoms with Gasteiger partial charge in [-0.05, 0) is 36.4 Å². The van der Waals surface area contributed by atoms with Crippen LogP contribution in [0.2, 0.25) is 0 Å². The Kier molecular flexibility index (Phi) is 5.36. The highest BCUT2D eigenvalue weighted by Crippen LogP contribution is 2.25. The summed E-state index contributed by atoms with van der Waals surface area (Å²) in [4.78, 5) is 12.0. The number of pyridine rings is 2. The molecule has 0 radical (unpaired) electrons. The average Bonchev–Trinajstić information content (AvgIpc) is 2.67. The van der Waals surface area contributed by atoms with Gasteiger partial charge in [-0.2, -0.15) is 0 Å². The average molecular weight is 366 g/mol. The van der Waals surface area contributed by atoms with E-state index in [0.717, 1.165) is 6.20 Å². The second kappa shape index (κ2) is 8.05. The fourth-order valence-corrected chi connectivity index (χ4v) is 2.37. The van der Waals surface area contributed by atoms with Crippen molar-refractivity contribution in [3.05, 3.63) is 90.0 Å². The van der Waals surface area contributed by atoms with Gasteiger partial charge in [0, 0.05) is 35.4 Å². The summed E-state index contributed by atoms with van der Waals surface area (Å²) in [6.45, 7) is 0. The number of hydrogen-bond acceptors (Lipinski definition) is 4. The fraction of sp³-hybridized carbons (Fsp3) is 0. The highest BCUT2D eigenvalue weighted by Gasteiger charge is 2.13. The van der Waals surface area contributed by atoms with Crippen molar-refractivity contribution < 1.29 is 8.78 Å². The molecule has 0 fully saturated rings. The molecule has 0 spiro atoms. The lowest BCUT2D eigenvalue weighted by Gasteiger charge is -2.11. The summed E-state index contributed by atoms with van der Waals surface area (Å²) in [5.74, 6) is -1.06. The third kappa shape index (κ3) is 4.43. The second-order valence-electron chi connectivity index (χ2n) is 5.49. The lowest BCUT2D eigenvalue weighted by Crippen LogP contribution is -2.23. The molecule has 0 aliphatic heterocycles. The van der Waals surface area contributed by atoms with E-state index in [4.69, 9.17) is 11.5 Å². The molecule has 0 amide bonds. The molecule has 2 heterocycles. The molecule has 0 bridgehead atoms. The van der Waals surface area contributed by atoms with Gasteiger partial charge in [-0.1, -0.05) is 6.07 Å². The standard InChI is InChI=1S/C19H16F2N6/c20-13-4-1-5-14(9-13)26-19(23)27-18(12-3-2-7-24-10-12)17(22)15-6-8-25-11-16(15)21/h1-11H,22H2,(H3,23,26,27)/b18-17-. The van der Waals surface area contributed by atoms with Gasteiger partial charge in [-0.15, -0.1) is 0 Å². The molecule has 8 heteroatoms. The number of nitrogens with zero attached hydrogens (tertiary/aromatic N) is 3. The molecule has 3 rings (SSSR count). The van der Waals surface area contributed by atoms with Crippen LogP contribution >= 0.6 is 0 Å². The molecule has 0 saturated heterocycles. The van der Waals surface area contributed by atoms with Crippen LogP contribution in [0, 0.1) is 11.6 Å². The number of rotatable bonds is 4. The highest BCUT2D eigenvalue weighted by atomic mass is 19.1. The summed E-state index contributed by atoms with van der Waals surface area (Å²) in [6, 6.07) is 10.6. The van der Waals surface area contributed by atoms with E-state index in [2.05, 4.69) is 20.3 Å². The van der Waals surface area contributed by atoms with Crippen LogP contribution in [0.3, 0.4) is 0 Å². The van der Waals surface area contributed by atoms with Crippen molar-refractivity contribution in [1.29, 1.82) is 0 Å². The summed E-state index contributed by atoms with van der Waals surface area (Å²) < 4.78 is 27.4. The minimum atomic E-state index is -0.594. The number of nitrogens with two attached hydrogens (primary N) is 2. The van der Waals surface area contributed by atoms with Gasteiger partial charge in [0.2, 0.25) is 0 Å². The van der Waals surface area contributed by atoms with Gasteiger partial charge in [-0.3, -0.25) is 9.97 Å². The monoisotopic (exact) mass is 366 g/mol. The Morgan fingerprint density at radius 1 is 0.963 bits per heavy atom. The van der Waals surface area contributed by atoms with E-state index < -0.39 is 11.6 Å². The Hall–Kier alpha value is -3.81. The van der Waals surface area contributed by atoms with E-state index in [9.17, 15) is 8.78 Å². The zero-order valence-electron chi connectivity index (χ0n) is 14.1. The molecule has 136 valence electrons. The summed E-state index contributed by atoms with van der Waals surface area (Å²) >= 11 is 0. The highest BCUT2D eigenvalue weighted by molar-refractivity contribution is 6.00. The Labute approximate surface area is 154 Å². The Bertz CT molecular complexity index is 1000. The Morgan fingerprint density at radius 3 is 2.48 bits per heavy atom. The third-order valence-electron chi connectivity index (χ3n) is 3.58. The molecular weight excluding hydrogens is 350 g/mol. The van der Waals surface area contributed by atoms with Crippen LogP contribution in [0.1, 0.15) is 11.1 Å². The molecule has 0 aliphatic rings. The molecule has 0 atom stereocenters. The maximum atomic E-state index is 14.1. The lowest BCUT2D eigenvalue weighted by atomic mass is 10.1. The molecule has 27 heavy (non-hydrogen) atoms. The van der Waals surface area contributed by atoms with Crippen LogP contribution in [0.25, 0.3) is 11.4 Å². The summed E-state index contributed by atoms with van der Waals surface area (Å²) in [5.41, 5.74) is 13.5. The van der Waals surface area contributed by atoms with Crippen molar-refractivity contribution >= 4 is 23.0 Å². The number of aromatic nitrogens is 2. The fourth-order valence-electron chi connectivity index (χ4n) is 2.37. The van der Waals surface area contributed by atoms with E-state index in [0.29, 0.717) is 11.3 Å². The second-order valence-corrected chi connectivity index (χ2v) is 5.49. The summed E-state index contributed by atoms with van der Waals surface area (Å²) in [5, 5.41) is 2.78. The first kappa shape index (κ1) is 18.0. The quantitative estimate of drug-likeness (QED) is 0.487. The smallest absolute Gasteiger partial charge is 0.198 e. The van der Waals surface area contributed by atoms with Gasteiger partial charge < -0.3 is 16.8 Å². The minimum Gasteiger partial charge on any atom is -0.396 e. The Balaban J connectivity index is 2.05. The van der Waals surface area contributed by atoms with Crippen LogP contribution in [0.4, 0.5) is 14.5 Å². The number of guanidine groups is 1. The van der Waals surface area contributed by atoms with Crippen molar-refractivity contribution in [2.24, 2.45) is 16.5 Å². The molecular formula is C19H16F2N6. The minimum absolute atomic E-state index is 0.0446. The third-order valence-corrected chi connectivity index (χ3v) is 3.58. The van der Waals surface area contributed by atoms with Crippen molar-refractivity contribution in [1.82, 2.24) is 9.97 Å². The molecule has 2 aromatic heterocycles. The van der Waals surface area contributed by atoms with E-state index in [1.165, 1.54) is 36.7 Å². The van der Waals surface area contributed by atoms with E-state index in [1.807, 2.05) is 0 Å². The number of nitrogens with one attached hydrogen (secondary N) is 1. The normalized spacial score (nSPS) is 12.4. The van der Waals surface area contributed by atoms with E-state index >= 15 is 0 Å². The predicted molar refractivity (Wildman–Crippen MR) is 101 cm³/mol. The van der Waals surface area contributed by atoms with Gasteiger partial charge in [0.05, 0.1) is 17.6 Å². The van der Waals surface area contributed by atoms with E-state index in [-0.39, 0.29) is 22.9 Å². The number of benzene rings is 1. The van der Waals surface area contributed by atoms with Gasteiger partial charge >= 0.3 is 0 Å². The molecule has 0 aliphatic carbocycles. The van der Waals surface area contributed by atoms with Crippen LogP contribution in [0.5, 0.6) is 0 Å². The van der Waals surface area contributed by atoms with Crippen molar-refractivity contribution in [2.45, 2.75) is 0 Å². The first-order chi connectivity index (χ1) is 13.0. The SMILES string of the molecule is NC(=N/C(=C(\N)c1ccncc1F)c1cccnc1)Nc1cccc(F)c1. The summed E-state index contributed by atoms with van der Waals surface area (Å²) in [7, 11) is 0. The molecule has 0 saturated carbocycles. The van der Waals surface area contributed by atoms with Gasteiger partial charge in [-0.25, -0.2) is 13.8 Å². The van der Waals surface area contributed by atoms with Crippen LogP contribution in [0.15, 0.2) is 72.2 Å². The zero-order chi connectivity index (χ0) is 19.2. The Morgan fingerprint density at radius 2 is 1.78 bits per heavy atom. The number of aliphatic imine (C=N–C) groups is 1. The van der Waals surface area contributed by atoms with Crippen molar-refractivity contribution in [2.75, 3.05) is 5.32 Å². The predicted octanol–water partition coefficient (Wildman–Crippen LogP) is 2.97. The molecule has 6 nitrogen and oxygen atoms in total. The largest absolute Gasteiger partial charge is 0.396 e. The molecule has 3 aromatic rings. The van der Waals surface area contributed by atoms with Crippen LogP contribution in [-0.4, -0.2) is 15.9 Å². The first-order valence-electron chi connectivity index (χ1n) is 7.91. The topological polar surface area (TPSA) is 102 Å². The maximum Gasteiger partial charge on any atom is 0.198 e. The van der Waals surface area contributed by atoms with E-state index in [1.54, 1.807) is 24.4 Å².